The van der Waals surface area contributed by atoms with Crippen molar-refractivity contribution < 1.29 is 17.1 Å². The predicted molar refractivity (Wildman–Crippen MR) is 19.2 cm³/mol. The minimum Gasteiger partial charge on any atom is -0.358 e. The molecule has 0 unspecified atom stereocenters. The van der Waals surface area contributed by atoms with Crippen molar-refractivity contribution in [2.75, 3.05) is 0 Å². The standard InChI is InChI=1S/3CH3.Fe/h3*1H3;/q3*-1;+3. The van der Waals surface area contributed by atoms with Crippen LogP contribution >= 0.6 is 0 Å². The van der Waals surface area contributed by atoms with Crippen molar-refractivity contribution >= 4 is 0 Å². The molecule has 0 aromatic rings. The molecule has 0 aliphatic carbocycles. The third kappa shape index (κ3) is 21.6. The van der Waals surface area contributed by atoms with E-state index >= 15 is 0 Å². The molecule has 0 aliphatic heterocycles. The van der Waals surface area contributed by atoms with Crippen LogP contribution in [0, 0.1) is 22.3 Å². The summed E-state index contributed by atoms with van der Waals surface area (Å²) in [7, 11) is 0. The molecule has 1 heteroatoms. The maximum absolute atomic E-state index is 0. The molecule has 0 fully saturated rings. The van der Waals surface area contributed by atoms with Gasteiger partial charge in [0, 0.05) is 0 Å². The molecule has 0 aliphatic rings. The zero-order valence-corrected chi connectivity index (χ0v) is 4.46. The van der Waals surface area contributed by atoms with Crippen LogP contribution in [0.4, 0.5) is 0 Å². The van der Waals surface area contributed by atoms with E-state index in [2.05, 4.69) is 0 Å². The molecular formula is C3H9Fe. The van der Waals surface area contributed by atoms with Gasteiger partial charge in [0.25, 0.3) is 0 Å². The smallest absolute Gasteiger partial charge is 0.358 e. The summed E-state index contributed by atoms with van der Waals surface area (Å²) in [6.45, 7) is 0. The van der Waals surface area contributed by atoms with E-state index in [4.69, 9.17) is 0 Å². The minimum atomic E-state index is 0. The van der Waals surface area contributed by atoms with Gasteiger partial charge in [-0.05, 0) is 0 Å². The topological polar surface area (TPSA) is 0 Å². The van der Waals surface area contributed by atoms with Gasteiger partial charge < -0.3 is 22.3 Å². The first kappa shape index (κ1) is 207. The van der Waals surface area contributed by atoms with Crippen molar-refractivity contribution in [3.05, 3.63) is 22.3 Å². The van der Waals surface area contributed by atoms with Gasteiger partial charge in [-0.25, -0.2) is 0 Å². The molecule has 0 nitrogen and oxygen atoms in total. The van der Waals surface area contributed by atoms with Crippen molar-refractivity contribution in [2.45, 2.75) is 0 Å². The number of hydrogen-bond donors (Lipinski definition) is 0. The Kier molecular flexibility index (Phi) is 4290. The Morgan fingerprint density at radius 2 is 0.500 bits per heavy atom. The van der Waals surface area contributed by atoms with E-state index in [1.165, 1.54) is 0 Å². The van der Waals surface area contributed by atoms with Gasteiger partial charge >= 0.3 is 17.1 Å². The van der Waals surface area contributed by atoms with Crippen LogP contribution in [-0.2, 0) is 17.1 Å². The van der Waals surface area contributed by atoms with Crippen LogP contribution in [0.1, 0.15) is 0 Å². The van der Waals surface area contributed by atoms with Crippen LogP contribution in [0.15, 0.2) is 0 Å². The van der Waals surface area contributed by atoms with Gasteiger partial charge in [0.05, 0.1) is 0 Å². The second kappa shape index (κ2) is 82.8. The third-order valence-corrected chi connectivity index (χ3v) is 0. The molecule has 0 amide bonds. The van der Waals surface area contributed by atoms with Crippen LogP contribution in [0.25, 0.3) is 0 Å². The molecule has 29 valence electrons. The van der Waals surface area contributed by atoms with Crippen LogP contribution in [0.3, 0.4) is 0 Å². The summed E-state index contributed by atoms with van der Waals surface area (Å²) in [5.41, 5.74) is 0. The fraction of sp³-hybridized carbons (Fsp3) is 0. The molecular weight excluding hydrogens is 91.9 g/mol. The zero-order chi connectivity index (χ0) is 0. The maximum atomic E-state index is 0. The van der Waals surface area contributed by atoms with E-state index < -0.39 is 0 Å². The Morgan fingerprint density at radius 1 is 0.500 bits per heavy atom. The summed E-state index contributed by atoms with van der Waals surface area (Å²) in [5.74, 6) is 0. The van der Waals surface area contributed by atoms with Gasteiger partial charge in [0.1, 0.15) is 0 Å². The van der Waals surface area contributed by atoms with Crippen LogP contribution in [0.2, 0.25) is 0 Å². The van der Waals surface area contributed by atoms with E-state index in [9.17, 15) is 0 Å². The van der Waals surface area contributed by atoms with Gasteiger partial charge in [-0.1, -0.05) is 0 Å². The Hall–Kier alpha value is 0.519. The van der Waals surface area contributed by atoms with Crippen LogP contribution in [-0.4, -0.2) is 0 Å². The molecule has 0 bridgehead atoms. The molecule has 0 aromatic carbocycles. The van der Waals surface area contributed by atoms with E-state index in [-0.39, 0.29) is 39.3 Å². The fourth-order valence-electron chi connectivity index (χ4n) is 0. The van der Waals surface area contributed by atoms with Gasteiger partial charge in [0.15, 0.2) is 0 Å². The molecule has 0 N–H and O–H groups in total. The second-order valence-electron chi connectivity index (χ2n) is 0. The summed E-state index contributed by atoms with van der Waals surface area (Å²) in [4.78, 5) is 0. The Morgan fingerprint density at radius 3 is 0.500 bits per heavy atom. The van der Waals surface area contributed by atoms with Gasteiger partial charge in [-0.15, -0.1) is 0 Å². The minimum absolute atomic E-state index is 0. The normalized spacial score (nSPS) is 0. The Bertz CT molecular complexity index is 3.25. The summed E-state index contributed by atoms with van der Waals surface area (Å²) in [6.07, 6.45) is 0. The summed E-state index contributed by atoms with van der Waals surface area (Å²) >= 11 is 0. The third-order valence-electron chi connectivity index (χ3n) is 0. The molecule has 0 atom stereocenters. The van der Waals surface area contributed by atoms with E-state index in [1.807, 2.05) is 0 Å². The maximum Gasteiger partial charge on any atom is 3.00 e. The summed E-state index contributed by atoms with van der Waals surface area (Å²) in [6, 6.07) is 0. The molecule has 4 heavy (non-hydrogen) atoms. The van der Waals surface area contributed by atoms with Crippen molar-refractivity contribution in [3.63, 3.8) is 0 Å². The van der Waals surface area contributed by atoms with Crippen LogP contribution in [0.5, 0.6) is 0 Å². The summed E-state index contributed by atoms with van der Waals surface area (Å²) in [5, 5.41) is 0. The second-order valence-corrected chi connectivity index (χ2v) is 0. The zero-order valence-electron chi connectivity index (χ0n) is 3.35. The van der Waals surface area contributed by atoms with Crippen molar-refractivity contribution in [1.29, 1.82) is 0 Å². The predicted octanol–water partition coefficient (Wildman–Crippen LogP) is 1.35. The molecule has 0 saturated carbocycles. The molecule has 0 rings (SSSR count). The quantitative estimate of drug-likeness (QED) is 0.319. The van der Waals surface area contributed by atoms with Crippen molar-refractivity contribution in [3.8, 4) is 0 Å². The Balaban J connectivity index is 0. The van der Waals surface area contributed by atoms with Crippen molar-refractivity contribution in [1.82, 2.24) is 0 Å². The monoisotopic (exact) mass is 101 g/mol. The average Bonchev–Trinajstić information content (AvgIpc) is 0. The van der Waals surface area contributed by atoms with E-state index in [1.54, 1.807) is 0 Å². The SMILES string of the molecule is [CH3-].[CH3-].[CH3-].[Fe+3]. The van der Waals surface area contributed by atoms with Crippen LogP contribution < -0.4 is 0 Å². The molecule has 0 aromatic heterocycles. The molecule has 1 radical (unpaired) electrons. The van der Waals surface area contributed by atoms with Gasteiger partial charge in [-0.2, -0.15) is 0 Å². The number of hydrogen-bond acceptors (Lipinski definition) is 0. The largest absolute Gasteiger partial charge is 3.00 e. The molecule has 0 saturated heterocycles. The van der Waals surface area contributed by atoms with E-state index in [0.29, 0.717) is 0 Å². The first-order valence-electron chi connectivity index (χ1n) is 0. The van der Waals surface area contributed by atoms with Gasteiger partial charge in [-0.3, -0.25) is 0 Å². The van der Waals surface area contributed by atoms with Crippen molar-refractivity contribution in [2.24, 2.45) is 0 Å². The Labute approximate surface area is 40.1 Å². The summed E-state index contributed by atoms with van der Waals surface area (Å²) < 4.78 is 0. The molecule has 0 heterocycles. The average molecular weight is 101 g/mol. The first-order chi connectivity index (χ1) is 0. The number of rotatable bonds is 0. The fourth-order valence-corrected chi connectivity index (χ4v) is 0. The van der Waals surface area contributed by atoms with Gasteiger partial charge in [0.2, 0.25) is 0 Å². The first-order valence-corrected chi connectivity index (χ1v) is 0. The van der Waals surface area contributed by atoms with E-state index in [0.717, 1.165) is 0 Å². The molecule has 0 spiro atoms.